The summed E-state index contributed by atoms with van der Waals surface area (Å²) in [5, 5.41) is 3.95. The molecule has 21 heavy (non-hydrogen) atoms. The summed E-state index contributed by atoms with van der Waals surface area (Å²) in [7, 11) is 3.13. The highest BCUT2D eigenvalue weighted by Gasteiger charge is 2.30. The van der Waals surface area contributed by atoms with Gasteiger partial charge in [0.1, 0.15) is 5.75 Å². The molecule has 2 unspecified atom stereocenters. The fourth-order valence-corrected chi connectivity index (χ4v) is 3.96. The Hall–Kier alpha value is -1.20. The zero-order valence-corrected chi connectivity index (χ0v) is 13.7. The zero-order chi connectivity index (χ0) is 15.2. The Morgan fingerprint density at radius 2 is 2.24 bits per heavy atom. The molecule has 0 aromatic heterocycles. The van der Waals surface area contributed by atoms with Crippen molar-refractivity contribution in [2.45, 2.75) is 31.1 Å². The highest BCUT2D eigenvalue weighted by Crippen LogP contribution is 2.38. The zero-order valence-electron chi connectivity index (χ0n) is 12.8. The Kier molecular flexibility index (Phi) is 5.94. The Morgan fingerprint density at radius 1 is 1.43 bits per heavy atom. The molecular formula is C16H23NO3S. The molecule has 5 heteroatoms. The van der Waals surface area contributed by atoms with Gasteiger partial charge in [0.25, 0.3) is 0 Å². The number of hydrogen-bond acceptors (Lipinski definition) is 5. The molecule has 1 aromatic carbocycles. The molecule has 1 aliphatic rings. The summed E-state index contributed by atoms with van der Waals surface area (Å²) in [6.07, 6.45) is 2.08. The van der Waals surface area contributed by atoms with Gasteiger partial charge in [0, 0.05) is 11.3 Å². The summed E-state index contributed by atoms with van der Waals surface area (Å²) >= 11 is 1.68. The van der Waals surface area contributed by atoms with Gasteiger partial charge >= 0.3 is 5.97 Å². The summed E-state index contributed by atoms with van der Waals surface area (Å²) in [6.45, 7) is 3.02. The Morgan fingerprint density at radius 3 is 2.90 bits per heavy atom. The molecule has 4 nitrogen and oxygen atoms in total. The normalized spacial score (nSPS) is 20.7. The van der Waals surface area contributed by atoms with Crippen LogP contribution in [0.4, 0.5) is 0 Å². The summed E-state index contributed by atoms with van der Waals surface area (Å²) < 4.78 is 10.0. The number of benzene rings is 1. The number of hydrogen-bond donors (Lipinski definition) is 1. The van der Waals surface area contributed by atoms with E-state index >= 15 is 0 Å². The molecule has 0 radical (unpaired) electrons. The fourth-order valence-electron chi connectivity index (χ4n) is 2.77. The topological polar surface area (TPSA) is 47.6 Å². The molecule has 0 saturated heterocycles. The highest BCUT2D eigenvalue weighted by molar-refractivity contribution is 8.00. The Balaban J connectivity index is 2.16. The molecule has 0 amide bonds. The molecule has 2 atom stereocenters. The van der Waals surface area contributed by atoms with E-state index in [1.54, 1.807) is 18.9 Å². The number of ether oxygens (including phenoxy) is 2. The minimum Gasteiger partial charge on any atom is -0.497 e. The second-order valence-corrected chi connectivity index (χ2v) is 6.29. The Labute approximate surface area is 130 Å². The molecule has 0 fully saturated rings. The number of fused-ring (bicyclic) bond motifs is 1. The molecule has 2 rings (SSSR count). The van der Waals surface area contributed by atoms with Gasteiger partial charge in [-0.25, -0.2) is 0 Å². The summed E-state index contributed by atoms with van der Waals surface area (Å²) in [5.41, 5.74) is 2.67. The summed E-state index contributed by atoms with van der Waals surface area (Å²) in [6, 6.07) is 6.56. The SMILES string of the molecule is CCNC1c2ccc(OC)cc2CCC1SCC(=O)OC. The summed E-state index contributed by atoms with van der Waals surface area (Å²) in [5.74, 6) is 1.16. The van der Waals surface area contributed by atoms with Gasteiger partial charge in [0.15, 0.2) is 0 Å². The monoisotopic (exact) mass is 309 g/mol. The smallest absolute Gasteiger partial charge is 0.315 e. The maximum atomic E-state index is 11.4. The fraction of sp³-hybridized carbons (Fsp3) is 0.562. The van der Waals surface area contributed by atoms with Gasteiger partial charge in [-0.1, -0.05) is 13.0 Å². The first-order valence-corrected chi connectivity index (χ1v) is 8.33. The predicted molar refractivity (Wildman–Crippen MR) is 86.0 cm³/mol. The van der Waals surface area contributed by atoms with Crippen molar-refractivity contribution in [3.8, 4) is 5.75 Å². The molecule has 1 N–H and O–H groups in total. The molecule has 0 aliphatic heterocycles. The molecular weight excluding hydrogens is 286 g/mol. The molecule has 116 valence electrons. The van der Waals surface area contributed by atoms with Crippen LogP contribution in [0.2, 0.25) is 0 Å². The first kappa shape index (κ1) is 16.2. The molecule has 0 saturated carbocycles. The van der Waals surface area contributed by atoms with Crippen LogP contribution in [-0.2, 0) is 16.0 Å². The second-order valence-electron chi connectivity index (χ2n) is 5.06. The van der Waals surface area contributed by atoms with Crippen LogP contribution in [-0.4, -0.2) is 37.7 Å². The predicted octanol–water partition coefficient (Wildman–Crippen LogP) is 2.57. The van der Waals surface area contributed by atoms with Crippen LogP contribution in [0.3, 0.4) is 0 Å². The van der Waals surface area contributed by atoms with Crippen molar-refractivity contribution in [3.63, 3.8) is 0 Å². The van der Waals surface area contributed by atoms with Crippen LogP contribution in [0.1, 0.15) is 30.5 Å². The van der Waals surface area contributed by atoms with Crippen molar-refractivity contribution in [2.75, 3.05) is 26.5 Å². The number of rotatable bonds is 6. The van der Waals surface area contributed by atoms with E-state index < -0.39 is 0 Å². The number of methoxy groups -OCH3 is 2. The van der Waals surface area contributed by atoms with Crippen LogP contribution >= 0.6 is 11.8 Å². The van der Waals surface area contributed by atoms with Crippen molar-refractivity contribution in [3.05, 3.63) is 29.3 Å². The van der Waals surface area contributed by atoms with E-state index in [9.17, 15) is 4.79 Å². The van der Waals surface area contributed by atoms with E-state index in [0.29, 0.717) is 11.0 Å². The van der Waals surface area contributed by atoms with Crippen LogP contribution in [0.25, 0.3) is 0 Å². The third kappa shape index (κ3) is 3.92. The van der Waals surface area contributed by atoms with Crippen molar-refractivity contribution in [2.24, 2.45) is 0 Å². The second kappa shape index (κ2) is 7.71. The lowest BCUT2D eigenvalue weighted by Gasteiger charge is -2.34. The average molecular weight is 309 g/mol. The van der Waals surface area contributed by atoms with Gasteiger partial charge in [-0.2, -0.15) is 0 Å². The van der Waals surface area contributed by atoms with Gasteiger partial charge in [0.05, 0.1) is 20.0 Å². The van der Waals surface area contributed by atoms with Crippen molar-refractivity contribution in [1.29, 1.82) is 0 Å². The number of esters is 1. The van der Waals surface area contributed by atoms with E-state index in [4.69, 9.17) is 9.47 Å². The molecule has 1 aliphatic carbocycles. The van der Waals surface area contributed by atoms with E-state index in [1.165, 1.54) is 18.2 Å². The van der Waals surface area contributed by atoms with E-state index in [-0.39, 0.29) is 12.0 Å². The molecule has 0 spiro atoms. The van der Waals surface area contributed by atoms with Gasteiger partial charge in [-0.15, -0.1) is 11.8 Å². The molecule has 0 bridgehead atoms. The Bertz CT molecular complexity index is 492. The minimum atomic E-state index is -0.157. The van der Waals surface area contributed by atoms with Crippen LogP contribution in [0.15, 0.2) is 18.2 Å². The quantitative estimate of drug-likeness (QED) is 0.818. The van der Waals surface area contributed by atoms with E-state index in [0.717, 1.165) is 25.1 Å². The van der Waals surface area contributed by atoms with Gasteiger partial charge in [-0.3, -0.25) is 4.79 Å². The van der Waals surface area contributed by atoms with Crippen molar-refractivity contribution < 1.29 is 14.3 Å². The maximum Gasteiger partial charge on any atom is 0.315 e. The number of thioether (sulfide) groups is 1. The number of carbonyl (C=O) groups excluding carboxylic acids is 1. The lowest BCUT2D eigenvalue weighted by molar-refractivity contribution is -0.137. The summed E-state index contributed by atoms with van der Waals surface area (Å²) in [4.78, 5) is 11.4. The number of aryl methyl sites for hydroxylation is 1. The standard InChI is InChI=1S/C16H23NO3S/c1-4-17-16-13-7-6-12(19-2)9-11(13)5-8-14(16)21-10-15(18)20-3/h6-7,9,14,16-17H,4-5,8,10H2,1-3H3. The van der Waals surface area contributed by atoms with E-state index in [1.807, 2.05) is 6.07 Å². The maximum absolute atomic E-state index is 11.4. The van der Waals surface area contributed by atoms with Gasteiger partial charge < -0.3 is 14.8 Å². The average Bonchev–Trinajstić information content (AvgIpc) is 2.53. The lowest BCUT2D eigenvalue weighted by Crippen LogP contribution is -2.34. The highest BCUT2D eigenvalue weighted by atomic mass is 32.2. The first-order valence-electron chi connectivity index (χ1n) is 7.28. The van der Waals surface area contributed by atoms with Crippen molar-refractivity contribution >= 4 is 17.7 Å². The van der Waals surface area contributed by atoms with Crippen LogP contribution in [0.5, 0.6) is 5.75 Å². The van der Waals surface area contributed by atoms with E-state index in [2.05, 4.69) is 24.4 Å². The van der Waals surface area contributed by atoms with Crippen LogP contribution in [0, 0.1) is 0 Å². The lowest BCUT2D eigenvalue weighted by atomic mass is 9.87. The molecule has 1 aromatic rings. The third-order valence-corrected chi connectivity index (χ3v) is 5.16. The first-order chi connectivity index (χ1) is 10.2. The largest absolute Gasteiger partial charge is 0.497 e. The minimum absolute atomic E-state index is 0.157. The van der Waals surface area contributed by atoms with Gasteiger partial charge in [0.2, 0.25) is 0 Å². The van der Waals surface area contributed by atoms with Gasteiger partial charge in [-0.05, 0) is 42.6 Å². The number of carbonyl (C=O) groups is 1. The van der Waals surface area contributed by atoms with Crippen molar-refractivity contribution in [1.82, 2.24) is 5.32 Å². The molecule has 0 heterocycles. The number of nitrogens with one attached hydrogen (secondary N) is 1. The third-order valence-electron chi connectivity index (χ3n) is 3.82. The van der Waals surface area contributed by atoms with Crippen LogP contribution < -0.4 is 10.1 Å².